The fourth-order valence-electron chi connectivity index (χ4n) is 5.40. The van der Waals surface area contributed by atoms with Crippen molar-refractivity contribution in [1.29, 1.82) is 0 Å². The highest BCUT2D eigenvalue weighted by atomic mass is 32.2. The molecule has 0 saturated carbocycles. The van der Waals surface area contributed by atoms with Crippen molar-refractivity contribution in [2.45, 2.75) is 44.4 Å². The third kappa shape index (κ3) is 5.28. The molecule has 0 aliphatic carbocycles. The van der Waals surface area contributed by atoms with Gasteiger partial charge in [0.05, 0.1) is 27.9 Å². The molecule has 0 radical (unpaired) electrons. The number of carbonyl (C=O) groups is 1. The number of rotatable bonds is 7. The second kappa shape index (κ2) is 11.6. The van der Waals surface area contributed by atoms with Gasteiger partial charge >= 0.3 is 5.97 Å². The summed E-state index contributed by atoms with van der Waals surface area (Å²) < 4.78 is 10.1. The zero-order valence-electron chi connectivity index (χ0n) is 23.9. The summed E-state index contributed by atoms with van der Waals surface area (Å²) in [7, 11) is 0. The summed E-state index contributed by atoms with van der Waals surface area (Å²) in [6, 6.07) is 25.9. The molecule has 6 rings (SSSR count). The zero-order valence-corrected chi connectivity index (χ0v) is 25.5. The van der Waals surface area contributed by atoms with Gasteiger partial charge in [0.2, 0.25) is 0 Å². The molecular weight excluding hydrogens is 563 g/mol. The first kappa shape index (κ1) is 28.0. The highest BCUT2D eigenvalue weighted by Gasteiger charge is 2.33. The first-order chi connectivity index (χ1) is 20.3. The number of esters is 1. The number of para-hydroxylation sites is 1. The maximum atomic E-state index is 14.2. The zero-order chi connectivity index (χ0) is 29.4. The monoisotopic (exact) mass is 593 g/mol. The van der Waals surface area contributed by atoms with Gasteiger partial charge in [0.25, 0.3) is 5.56 Å². The van der Waals surface area contributed by atoms with Gasteiger partial charge in [-0.1, -0.05) is 72.0 Å². The number of hydrogen-bond donors (Lipinski definition) is 0. The van der Waals surface area contributed by atoms with E-state index in [4.69, 9.17) is 9.73 Å². The third-order valence-electron chi connectivity index (χ3n) is 7.32. The molecule has 212 valence electrons. The number of fused-ring (bicyclic) bond motifs is 2. The molecular formula is C34H31N3O3S2. The van der Waals surface area contributed by atoms with E-state index >= 15 is 0 Å². The van der Waals surface area contributed by atoms with Crippen molar-refractivity contribution in [2.24, 2.45) is 4.99 Å². The van der Waals surface area contributed by atoms with Crippen LogP contribution in [0.2, 0.25) is 0 Å². The van der Waals surface area contributed by atoms with Gasteiger partial charge in [0, 0.05) is 34.1 Å². The van der Waals surface area contributed by atoms with Crippen LogP contribution >= 0.6 is 23.1 Å². The van der Waals surface area contributed by atoms with Crippen molar-refractivity contribution < 1.29 is 9.53 Å². The number of thiazole rings is 1. The van der Waals surface area contributed by atoms with Crippen molar-refractivity contribution >= 4 is 46.0 Å². The molecule has 0 fully saturated rings. The van der Waals surface area contributed by atoms with Crippen LogP contribution < -0.4 is 14.9 Å². The molecule has 0 unspecified atom stereocenters. The van der Waals surface area contributed by atoms with Crippen LogP contribution in [0.25, 0.3) is 17.0 Å². The molecule has 1 aliphatic rings. The summed E-state index contributed by atoms with van der Waals surface area (Å²) >= 11 is 2.99. The summed E-state index contributed by atoms with van der Waals surface area (Å²) in [6.07, 6.45) is 5.78. The summed E-state index contributed by atoms with van der Waals surface area (Å²) in [4.78, 5) is 33.9. The Hall–Kier alpha value is -4.14. The Bertz CT molecular complexity index is 2000. The summed E-state index contributed by atoms with van der Waals surface area (Å²) in [6.45, 7) is 6.18. The van der Waals surface area contributed by atoms with Gasteiger partial charge < -0.3 is 9.30 Å². The Morgan fingerprint density at radius 3 is 2.48 bits per heavy atom. The van der Waals surface area contributed by atoms with Crippen LogP contribution in [0.1, 0.15) is 43.5 Å². The van der Waals surface area contributed by atoms with Crippen LogP contribution in [0.4, 0.5) is 0 Å². The Balaban J connectivity index is 1.51. The number of carbonyl (C=O) groups excluding carboxylic acids is 1. The second-order valence-electron chi connectivity index (χ2n) is 10.5. The van der Waals surface area contributed by atoms with Crippen molar-refractivity contribution in [2.75, 3.05) is 6.26 Å². The average Bonchev–Trinajstić information content (AvgIpc) is 3.48. The number of aromatic nitrogens is 2. The summed E-state index contributed by atoms with van der Waals surface area (Å²) in [5.74, 6) is -0.455. The molecule has 0 bridgehead atoms. The average molecular weight is 594 g/mol. The number of nitrogens with zero attached hydrogens (tertiary/aromatic N) is 3. The number of ether oxygens (including phenoxy) is 1. The SMILES string of the molecule is CSc1ccc([C@H]2C(C(=O)OC(C)C)=C(C)N=c3s/c(=C\c4cn(Cc5ccccc5)c5ccccc45)c(=O)n32)cc1. The Morgan fingerprint density at radius 1 is 1.05 bits per heavy atom. The van der Waals surface area contributed by atoms with E-state index < -0.39 is 12.0 Å². The third-order valence-corrected chi connectivity index (χ3v) is 9.04. The van der Waals surface area contributed by atoms with Crippen LogP contribution in [-0.2, 0) is 16.1 Å². The largest absolute Gasteiger partial charge is 0.459 e. The predicted molar refractivity (Wildman–Crippen MR) is 171 cm³/mol. The van der Waals surface area contributed by atoms with Gasteiger partial charge in [-0.15, -0.1) is 11.8 Å². The van der Waals surface area contributed by atoms with Crippen molar-refractivity contribution in [3.8, 4) is 0 Å². The minimum atomic E-state index is -0.634. The predicted octanol–water partition coefficient (Wildman–Crippen LogP) is 5.91. The van der Waals surface area contributed by atoms with Crippen molar-refractivity contribution in [3.05, 3.63) is 133 Å². The molecule has 0 spiro atoms. The lowest BCUT2D eigenvalue weighted by Crippen LogP contribution is -2.40. The molecule has 5 aromatic rings. The molecule has 6 nitrogen and oxygen atoms in total. The minimum absolute atomic E-state index is 0.181. The van der Waals surface area contributed by atoms with Crippen molar-refractivity contribution in [1.82, 2.24) is 9.13 Å². The fourth-order valence-corrected chi connectivity index (χ4v) is 6.85. The van der Waals surface area contributed by atoms with Crippen LogP contribution in [-0.4, -0.2) is 27.5 Å². The van der Waals surface area contributed by atoms with Crippen molar-refractivity contribution in [3.63, 3.8) is 0 Å². The first-order valence-electron chi connectivity index (χ1n) is 13.8. The maximum Gasteiger partial charge on any atom is 0.338 e. The molecule has 8 heteroatoms. The standard InChI is InChI=1S/C34H31N3O3S2/c1-21(2)40-33(39)30-22(3)35-34-37(31(30)24-14-16-26(41-4)17-15-24)32(38)29(42-34)18-25-20-36(19-23-10-6-5-7-11-23)28-13-9-8-12-27(25)28/h5-18,20-21,31H,19H2,1-4H3/b29-18-/t31-/m0/s1. The van der Waals surface area contributed by atoms with Gasteiger partial charge in [-0.25, -0.2) is 9.79 Å². The first-order valence-corrected chi connectivity index (χ1v) is 15.9. The van der Waals surface area contributed by atoms with Gasteiger partial charge in [0.15, 0.2) is 4.80 Å². The molecule has 3 aromatic carbocycles. The molecule has 42 heavy (non-hydrogen) atoms. The smallest absolute Gasteiger partial charge is 0.338 e. The number of hydrogen-bond acceptors (Lipinski definition) is 6. The summed E-state index contributed by atoms with van der Waals surface area (Å²) in [5, 5.41) is 1.07. The molecule has 0 N–H and O–H groups in total. The topological polar surface area (TPSA) is 65.6 Å². The number of thioether (sulfide) groups is 1. The Labute approximate surface area is 252 Å². The van der Waals surface area contributed by atoms with Gasteiger partial charge in [-0.2, -0.15) is 0 Å². The number of benzene rings is 3. The lowest BCUT2D eigenvalue weighted by molar-refractivity contribution is -0.143. The quantitative estimate of drug-likeness (QED) is 0.174. The van der Waals surface area contributed by atoms with Gasteiger partial charge in [-0.05, 0) is 62.4 Å². The van der Waals surface area contributed by atoms with E-state index in [9.17, 15) is 9.59 Å². The lowest BCUT2D eigenvalue weighted by atomic mass is 9.96. The van der Waals surface area contributed by atoms with Gasteiger partial charge in [-0.3, -0.25) is 9.36 Å². The molecule has 0 amide bonds. The van der Waals surface area contributed by atoms with Gasteiger partial charge in [0.1, 0.15) is 0 Å². The van der Waals surface area contributed by atoms with E-state index in [1.807, 2.05) is 87.7 Å². The second-order valence-corrected chi connectivity index (χ2v) is 12.4. The fraction of sp³-hybridized carbons (Fsp3) is 0.206. The van der Waals surface area contributed by atoms with Crippen LogP contribution in [0.5, 0.6) is 0 Å². The van der Waals surface area contributed by atoms with E-state index in [-0.39, 0.29) is 11.7 Å². The van der Waals surface area contributed by atoms with E-state index in [1.165, 1.54) is 16.9 Å². The van der Waals surface area contributed by atoms with E-state index in [0.717, 1.165) is 33.5 Å². The molecule has 1 aliphatic heterocycles. The Kier molecular flexibility index (Phi) is 7.75. The highest BCUT2D eigenvalue weighted by Crippen LogP contribution is 2.32. The molecule has 2 aromatic heterocycles. The number of allylic oxidation sites excluding steroid dienone is 1. The van der Waals surface area contributed by atoms with Crippen LogP contribution in [0.15, 0.2) is 111 Å². The molecule has 1 atom stereocenters. The normalized spacial score (nSPS) is 15.3. The molecule has 3 heterocycles. The lowest BCUT2D eigenvalue weighted by Gasteiger charge is -2.25. The van der Waals surface area contributed by atoms with Crippen LogP contribution in [0.3, 0.4) is 0 Å². The van der Waals surface area contributed by atoms with Crippen LogP contribution in [0, 0.1) is 0 Å². The maximum absolute atomic E-state index is 14.2. The van der Waals surface area contributed by atoms with E-state index in [1.54, 1.807) is 16.3 Å². The summed E-state index contributed by atoms with van der Waals surface area (Å²) in [5.41, 5.74) is 4.87. The minimum Gasteiger partial charge on any atom is -0.459 e. The highest BCUT2D eigenvalue weighted by molar-refractivity contribution is 7.98. The Morgan fingerprint density at radius 2 is 1.76 bits per heavy atom. The molecule has 0 saturated heterocycles. The van der Waals surface area contributed by atoms with E-state index in [2.05, 4.69) is 35.0 Å². The van der Waals surface area contributed by atoms with E-state index in [0.29, 0.717) is 20.6 Å².